The van der Waals surface area contributed by atoms with E-state index in [2.05, 4.69) is 27.0 Å². The van der Waals surface area contributed by atoms with E-state index in [-0.39, 0.29) is 0 Å². The van der Waals surface area contributed by atoms with Crippen LogP contribution < -0.4 is 4.98 Å². The van der Waals surface area contributed by atoms with Crippen molar-refractivity contribution in [2.45, 2.75) is 0 Å². The molecular formula is C10H6BrN2+. The third-order valence-corrected chi connectivity index (χ3v) is 2.56. The van der Waals surface area contributed by atoms with Gasteiger partial charge in [-0.2, -0.15) is 5.26 Å². The molecular weight excluding hydrogens is 228 g/mol. The standard InChI is InChI=1S/C10H5BrN2/c11-9-2-1-3-10-8(9)4-7(5-12)6-13-10/h1-4,6H/p+1. The number of nitrogens with one attached hydrogen (secondary N) is 1. The Hall–Kier alpha value is -1.40. The van der Waals surface area contributed by atoms with Crippen molar-refractivity contribution in [2.75, 3.05) is 0 Å². The summed E-state index contributed by atoms with van der Waals surface area (Å²) in [7, 11) is 0. The summed E-state index contributed by atoms with van der Waals surface area (Å²) in [4.78, 5) is 3.06. The van der Waals surface area contributed by atoms with Crippen LogP contribution in [-0.4, -0.2) is 0 Å². The van der Waals surface area contributed by atoms with Gasteiger partial charge in [-0.1, -0.05) is 6.07 Å². The van der Waals surface area contributed by atoms with Crippen molar-refractivity contribution in [3.63, 3.8) is 0 Å². The van der Waals surface area contributed by atoms with Gasteiger partial charge >= 0.3 is 0 Å². The molecule has 0 aliphatic carbocycles. The van der Waals surface area contributed by atoms with E-state index >= 15 is 0 Å². The highest BCUT2D eigenvalue weighted by atomic mass is 79.9. The number of rotatable bonds is 0. The van der Waals surface area contributed by atoms with Gasteiger partial charge in [0.1, 0.15) is 11.6 Å². The van der Waals surface area contributed by atoms with Crippen LogP contribution in [0.1, 0.15) is 5.56 Å². The summed E-state index contributed by atoms with van der Waals surface area (Å²) >= 11 is 3.43. The molecule has 1 N–H and O–H groups in total. The molecule has 0 saturated heterocycles. The fraction of sp³-hybridized carbons (Fsp3) is 0. The summed E-state index contributed by atoms with van der Waals surface area (Å²) in [6, 6.07) is 9.83. The first-order chi connectivity index (χ1) is 6.31. The first kappa shape index (κ1) is 8.21. The third kappa shape index (κ3) is 1.41. The topological polar surface area (TPSA) is 37.9 Å². The quantitative estimate of drug-likeness (QED) is 0.689. The van der Waals surface area contributed by atoms with Gasteiger partial charge in [0.05, 0.1) is 5.39 Å². The highest BCUT2D eigenvalue weighted by molar-refractivity contribution is 9.10. The van der Waals surface area contributed by atoms with Gasteiger partial charge in [0.15, 0.2) is 6.20 Å². The number of benzene rings is 1. The van der Waals surface area contributed by atoms with Crippen LogP contribution in [-0.2, 0) is 0 Å². The SMILES string of the molecule is N#Cc1c[nH+]c2cccc(Br)c2c1. The Kier molecular flexibility index (Phi) is 1.99. The van der Waals surface area contributed by atoms with Crippen molar-refractivity contribution in [3.05, 3.63) is 40.5 Å². The zero-order valence-corrected chi connectivity index (χ0v) is 8.30. The van der Waals surface area contributed by atoms with Crippen molar-refractivity contribution in [1.82, 2.24) is 0 Å². The van der Waals surface area contributed by atoms with Gasteiger partial charge in [0, 0.05) is 10.5 Å². The molecule has 62 valence electrons. The summed E-state index contributed by atoms with van der Waals surface area (Å²) < 4.78 is 0.998. The lowest BCUT2D eigenvalue weighted by molar-refractivity contribution is -0.344. The van der Waals surface area contributed by atoms with Crippen molar-refractivity contribution in [3.8, 4) is 6.07 Å². The lowest BCUT2D eigenvalue weighted by Gasteiger charge is -1.94. The number of halogens is 1. The number of aromatic amines is 1. The fourth-order valence-corrected chi connectivity index (χ4v) is 1.71. The van der Waals surface area contributed by atoms with E-state index in [1.54, 1.807) is 6.20 Å². The van der Waals surface area contributed by atoms with Crippen LogP contribution in [0.15, 0.2) is 34.9 Å². The molecule has 2 rings (SSSR count). The summed E-state index contributed by atoms with van der Waals surface area (Å²) in [6.07, 6.45) is 1.70. The molecule has 2 aromatic rings. The van der Waals surface area contributed by atoms with Crippen LogP contribution in [0.4, 0.5) is 0 Å². The molecule has 1 aromatic heterocycles. The Labute approximate surface area is 84.0 Å². The van der Waals surface area contributed by atoms with E-state index < -0.39 is 0 Å². The molecule has 1 heterocycles. The van der Waals surface area contributed by atoms with Gasteiger partial charge < -0.3 is 0 Å². The lowest BCUT2D eigenvalue weighted by Crippen LogP contribution is -2.03. The predicted molar refractivity (Wildman–Crippen MR) is 52.9 cm³/mol. The van der Waals surface area contributed by atoms with E-state index in [0.717, 1.165) is 15.4 Å². The number of H-pyrrole nitrogens is 1. The first-order valence-corrected chi connectivity index (χ1v) is 4.60. The monoisotopic (exact) mass is 233 g/mol. The Bertz CT molecular complexity index is 500. The van der Waals surface area contributed by atoms with Crippen molar-refractivity contribution in [1.29, 1.82) is 5.26 Å². The summed E-state index contributed by atoms with van der Waals surface area (Å²) in [6.45, 7) is 0. The minimum absolute atomic E-state index is 0.638. The summed E-state index contributed by atoms with van der Waals surface area (Å²) in [5, 5.41) is 9.73. The molecule has 0 aliphatic heterocycles. The highest BCUT2D eigenvalue weighted by Crippen LogP contribution is 2.20. The molecule has 0 radical (unpaired) electrons. The first-order valence-electron chi connectivity index (χ1n) is 3.81. The molecule has 0 atom stereocenters. The van der Waals surface area contributed by atoms with Crippen LogP contribution in [0.3, 0.4) is 0 Å². The average Bonchev–Trinajstić information content (AvgIpc) is 2.18. The third-order valence-electron chi connectivity index (χ3n) is 1.87. The second-order valence-corrected chi connectivity index (χ2v) is 3.56. The molecule has 0 unspecified atom stereocenters. The van der Waals surface area contributed by atoms with E-state index in [0.29, 0.717) is 5.56 Å². The summed E-state index contributed by atoms with van der Waals surface area (Å²) in [5.74, 6) is 0. The number of nitrogens with zero attached hydrogens (tertiary/aromatic N) is 1. The molecule has 0 spiro atoms. The molecule has 0 bridgehead atoms. The second-order valence-electron chi connectivity index (χ2n) is 2.70. The number of nitriles is 1. The van der Waals surface area contributed by atoms with Gasteiger partial charge in [0.25, 0.3) is 0 Å². The Morgan fingerprint density at radius 2 is 2.23 bits per heavy atom. The van der Waals surface area contributed by atoms with Crippen molar-refractivity contribution in [2.24, 2.45) is 0 Å². The van der Waals surface area contributed by atoms with Crippen molar-refractivity contribution >= 4 is 26.8 Å². The molecule has 13 heavy (non-hydrogen) atoms. The maximum absolute atomic E-state index is 8.70. The predicted octanol–water partition coefficient (Wildman–Crippen LogP) is 2.29. The highest BCUT2D eigenvalue weighted by Gasteiger charge is 2.04. The van der Waals surface area contributed by atoms with E-state index in [1.165, 1.54) is 0 Å². The van der Waals surface area contributed by atoms with Crippen LogP contribution >= 0.6 is 15.9 Å². The van der Waals surface area contributed by atoms with Gasteiger partial charge in [-0.25, -0.2) is 4.98 Å². The zero-order valence-electron chi connectivity index (χ0n) is 6.71. The number of aromatic nitrogens is 1. The maximum atomic E-state index is 8.70. The zero-order chi connectivity index (χ0) is 9.26. The van der Waals surface area contributed by atoms with E-state index in [9.17, 15) is 0 Å². The van der Waals surface area contributed by atoms with E-state index in [1.807, 2.05) is 24.3 Å². The normalized spacial score (nSPS) is 9.85. The molecule has 2 nitrogen and oxygen atoms in total. The molecule has 0 saturated carbocycles. The molecule has 0 aliphatic rings. The van der Waals surface area contributed by atoms with Crippen molar-refractivity contribution < 1.29 is 4.98 Å². The van der Waals surface area contributed by atoms with Gasteiger partial charge in [-0.3, -0.25) is 0 Å². The smallest absolute Gasteiger partial charge is 0.210 e. The lowest BCUT2D eigenvalue weighted by atomic mass is 10.2. The Morgan fingerprint density at radius 3 is 3.00 bits per heavy atom. The molecule has 1 aromatic carbocycles. The molecule has 0 fully saturated rings. The number of hydrogen-bond donors (Lipinski definition) is 0. The summed E-state index contributed by atoms with van der Waals surface area (Å²) in [5.41, 5.74) is 1.66. The molecule has 0 amide bonds. The fourth-order valence-electron chi connectivity index (χ4n) is 1.23. The number of fused-ring (bicyclic) bond motifs is 1. The van der Waals surface area contributed by atoms with E-state index in [4.69, 9.17) is 5.26 Å². The van der Waals surface area contributed by atoms with Gasteiger partial charge in [0.2, 0.25) is 5.52 Å². The molecule has 3 heteroatoms. The largest absolute Gasteiger partial charge is 0.212 e. The minimum atomic E-state index is 0.638. The van der Waals surface area contributed by atoms with Gasteiger partial charge in [-0.05, 0) is 28.1 Å². The Morgan fingerprint density at radius 1 is 1.38 bits per heavy atom. The maximum Gasteiger partial charge on any atom is 0.212 e. The minimum Gasteiger partial charge on any atom is -0.210 e. The second kappa shape index (κ2) is 3.15. The van der Waals surface area contributed by atoms with Crippen LogP contribution in [0.25, 0.3) is 10.9 Å². The van der Waals surface area contributed by atoms with Crippen LogP contribution in [0, 0.1) is 11.3 Å². The number of pyridine rings is 1. The van der Waals surface area contributed by atoms with Crippen LogP contribution in [0.5, 0.6) is 0 Å². The van der Waals surface area contributed by atoms with Crippen LogP contribution in [0.2, 0.25) is 0 Å². The Balaban J connectivity index is 2.84. The average molecular weight is 234 g/mol. The van der Waals surface area contributed by atoms with Gasteiger partial charge in [-0.15, -0.1) is 0 Å². The number of hydrogen-bond acceptors (Lipinski definition) is 1.